The van der Waals surface area contributed by atoms with E-state index in [-0.39, 0.29) is 12.7 Å². The predicted molar refractivity (Wildman–Crippen MR) is 102 cm³/mol. The Hall–Kier alpha value is -2.42. The monoisotopic (exact) mass is 422 g/mol. The minimum Gasteiger partial charge on any atom is -0.454 e. The molecule has 1 aliphatic heterocycles. The van der Waals surface area contributed by atoms with E-state index in [1.807, 2.05) is 13.1 Å². The van der Waals surface area contributed by atoms with Gasteiger partial charge in [-0.15, -0.1) is 10.2 Å². The van der Waals surface area contributed by atoms with E-state index in [4.69, 9.17) is 32.7 Å². The van der Waals surface area contributed by atoms with Crippen molar-refractivity contribution in [3.05, 3.63) is 52.3 Å². The van der Waals surface area contributed by atoms with Crippen LogP contribution in [0.2, 0.25) is 10.0 Å². The fourth-order valence-electron chi connectivity index (χ4n) is 2.45. The van der Waals surface area contributed by atoms with Crippen molar-refractivity contribution in [1.29, 1.82) is 0 Å². The summed E-state index contributed by atoms with van der Waals surface area (Å²) in [5, 5.41) is 12.3. The van der Waals surface area contributed by atoms with Crippen molar-refractivity contribution >= 4 is 46.6 Å². The Kier molecular flexibility index (Phi) is 4.86. The number of anilines is 1. The number of rotatable bonds is 4. The van der Waals surface area contributed by atoms with Crippen molar-refractivity contribution in [2.75, 3.05) is 12.1 Å². The third-order valence-corrected chi connectivity index (χ3v) is 5.39. The molecule has 3 aromatic rings. The Morgan fingerprint density at radius 2 is 2.11 bits per heavy atom. The molecule has 1 amide bonds. The van der Waals surface area contributed by atoms with Crippen LogP contribution in [-0.4, -0.2) is 27.5 Å². The molecule has 0 spiro atoms. The minimum atomic E-state index is -0.350. The zero-order chi connectivity index (χ0) is 19.0. The fraction of sp³-hybridized carbons (Fsp3) is 0.118. The smallest absolute Gasteiger partial charge is 0.255 e. The van der Waals surface area contributed by atoms with Crippen molar-refractivity contribution in [2.24, 2.45) is 7.05 Å². The van der Waals surface area contributed by atoms with Gasteiger partial charge in [-0.05, 0) is 42.1 Å². The molecule has 1 N–H and O–H groups in total. The standard InChI is InChI=1S/C17H12Cl2N4O3S/c1-23-7-20-22-17(23)27-14-3-2-10(18)6-12(14)21-16(24)9-4-11(19)15-13(5-9)25-8-26-15/h2-7H,8H2,1H3,(H,21,24). The number of carbonyl (C=O) groups is 1. The Labute approximate surface area is 168 Å². The number of ether oxygens (including phenoxy) is 2. The number of hydrogen-bond donors (Lipinski definition) is 1. The lowest BCUT2D eigenvalue weighted by atomic mass is 10.2. The maximum atomic E-state index is 12.7. The number of halogens is 2. The molecule has 0 unspecified atom stereocenters. The van der Waals surface area contributed by atoms with E-state index in [0.29, 0.717) is 38.0 Å². The largest absolute Gasteiger partial charge is 0.454 e. The van der Waals surface area contributed by atoms with Gasteiger partial charge < -0.3 is 19.4 Å². The van der Waals surface area contributed by atoms with Gasteiger partial charge in [0.2, 0.25) is 6.79 Å². The lowest BCUT2D eigenvalue weighted by Crippen LogP contribution is -2.12. The summed E-state index contributed by atoms with van der Waals surface area (Å²) in [7, 11) is 1.84. The molecule has 0 saturated carbocycles. The van der Waals surface area contributed by atoms with Crippen LogP contribution < -0.4 is 14.8 Å². The molecule has 0 aliphatic carbocycles. The van der Waals surface area contributed by atoms with E-state index in [2.05, 4.69) is 15.5 Å². The van der Waals surface area contributed by atoms with Crippen molar-refractivity contribution in [3.63, 3.8) is 0 Å². The van der Waals surface area contributed by atoms with Crippen LogP contribution in [0.5, 0.6) is 11.5 Å². The van der Waals surface area contributed by atoms with E-state index in [9.17, 15) is 4.79 Å². The molecular weight excluding hydrogens is 411 g/mol. The third-order valence-electron chi connectivity index (χ3n) is 3.75. The van der Waals surface area contributed by atoms with Gasteiger partial charge in [-0.1, -0.05) is 23.2 Å². The number of hydrogen-bond acceptors (Lipinski definition) is 6. The van der Waals surface area contributed by atoms with Crippen molar-refractivity contribution in [1.82, 2.24) is 14.8 Å². The number of benzene rings is 2. The topological polar surface area (TPSA) is 78.3 Å². The number of aryl methyl sites for hydroxylation is 1. The van der Waals surface area contributed by atoms with Crippen LogP contribution in [0.25, 0.3) is 0 Å². The third kappa shape index (κ3) is 3.69. The molecule has 2 heterocycles. The summed E-state index contributed by atoms with van der Waals surface area (Å²) in [5.41, 5.74) is 0.896. The van der Waals surface area contributed by atoms with Crippen LogP contribution in [0, 0.1) is 0 Å². The second kappa shape index (κ2) is 7.30. The summed E-state index contributed by atoms with van der Waals surface area (Å²) in [5.74, 6) is 0.527. The quantitative estimate of drug-likeness (QED) is 0.676. The molecule has 0 atom stereocenters. The molecule has 10 heteroatoms. The van der Waals surface area contributed by atoms with Crippen LogP contribution in [0.1, 0.15) is 10.4 Å². The first-order valence-electron chi connectivity index (χ1n) is 7.73. The highest BCUT2D eigenvalue weighted by Gasteiger charge is 2.21. The second-order valence-electron chi connectivity index (χ2n) is 5.61. The molecule has 0 bridgehead atoms. The average Bonchev–Trinajstić information content (AvgIpc) is 3.26. The van der Waals surface area contributed by atoms with E-state index >= 15 is 0 Å². The van der Waals surface area contributed by atoms with Gasteiger partial charge in [-0.2, -0.15) is 0 Å². The predicted octanol–water partition coefficient (Wildman–Crippen LogP) is 4.25. The number of nitrogens with one attached hydrogen (secondary N) is 1. The molecule has 0 saturated heterocycles. The summed E-state index contributed by atoms with van der Waals surface area (Å²) in [6.45, 7) is 0.0763. The van der Waals surface area contributed by atoms with Gasteiger partial charge >= 0.3 is 0 Å². The van der Waals surface area contributed by atoms with Crippen LogP contribution in [0.3, 0.4) is 0 Å². The first-order chi connectivity index (χ1) is 13.0. The van der Waals surface area contributed by atoms with Crippen LogP contribution in [0.4, 0.5) is 5.69 Å². The lowest BCUT2D eigenvalue weighted by Gasteiger charge is -2.12. The second-order valence-corrected chi connectivity index (χ2v) is 7.47. The Morgan fingerprint density at radius 3 is 2.89 bits per heavy atom. The molecule has 27 heavy (non-hydrogen) atoms. The number of aromatic nitrogens is 3. The highest BCUT2D eigenvalue weighted by atomic mass is 35.5. The lowest BCUT2D eigenvalue weighted by molar-refractivity contribution is 0.102. The number of nitrogens with zero attached hydrogens (tertiary/aromatic N) is 3. The first-order valence-corrected chi connectivity index (χ1v) is 9.30. The minimum absolute atomic E-state index is 0.0763. The van der Waals surface area contributed by atoms with Crippen LogP contribution in [-0.2, 0) is 7.05 Å². The molecule has 0 radical (unpaired) electrons. The van der Waals surface area contributed by atoms with Gasteiger partial charge in [0.05, 0.1) is 10.7 Å². The van der Waals surface area contributed by atoms with Gasteiger partial charge in [0.1, 0.15) is 6.33 Å². The average molecular weight is 423 g/mol. The molecule has 0 fully saturated rings. The van der Waals surface area contributed by atoms with Gasteiger partial charge in [-0.3, -0.25) is 4.79 Å². The van der Waals surface area contributed by atoms with Crippen molar-refractivity contribution < 1.29 is 14.3 Å². The Balaban J connectivity index is 1.62. The maximum Gasteiger partial charge on any atom is 0.255 e. The maximum absolute atomic E-state index is 12.7. The number of carbonyl (C=O) groups excluding carboxylic acids is 1. The van der Waals surface area contributed by atoms with Crippen LogP contribution in [0.15, 0.2) is 46.7 Å². The summed E-state index contributed by atoms with van der Waals surface area (Å²) in [6.07, 6.45) is 1.60. The summed E-state index contributed by atoms with van der Waals surface area (Å²) in [6, 6.07) is 8.35. The summed E-state index contributed by atoms with van der Waals surface area (Å²) < 4.78 is 12.4. The first kappa shape index (κ1) is 18.0. The molecule has 1 aliphatic rings. The van der Waals surface area contributed by atoms with Crippen LogP contribution >= 0.6 is 35.0 Å². The van der Waals surface area contributed by atoms with Gasteiger partial charge in [0.15, 0.2) is 16.7 Å². The molecule has 1 aromatic heterocycles. The molecule has 4 rings (SSSR count). The van der Waals surface area contributed by atoms with Crippen molar-refractivity contribution in [3.8, 4) is 11.5 Å². The van der Waals surface area contributed by atoms with Gasteiger partial charge in [0.25, 0.3) is 5.91 Å². The highest BCUT2D eigenvalue weighted by molar-refractivity contribution is 7.99. The molecule has 2 aromatic carbocycles. The van der Waals surface area contributed by atoms with E-state index in [0.717, 1.165) is 4.90 Å². The van der Waals surface area contributed by atoms with Gasteiger partial charge in [-0.25, -0.2) is 0 Å². The Bertz CT molecular complexity index is 1040. The zero-order valence-corrected chi connectivity index (χ0v) is 16.2. The molecule has 138 valence electrons. The SMILES string of the molecule is Cn1cnnc1Sc1ccc(Cl)cc1NC(=O)c1cc(Cl)c2c(c1)OCO2. The Morgan fingerprint density at radius 1 is 1.26 bits per heavy atom. The van der Waals surface area contributed by atoms with Gasteiger partial charge in [0, 0.05) is 22.5 Å². The summed E-state index contributed by atoms with van der Waals surface area (Å²) in [4.78, 5) is 13.5. The fourth-order valence-corrected chi connectivity index (χ4v) is 3.71. The summed E-state index contributed by atoms with van der Waals surface area (Å²) >= 11 is 13.6. The molecule has 7 nitrogen and oxygen atoms in total. The normalized spacial score (nSPS) is 12.3. The molecular formula is C17H12Cl2N4O3S. The zero-order valence-electron chi connectivity index (χ0n) is 13.9. The van der Waals surface area contributed by atoms with E-state index in [1.165, 1.54) is 17.8 Å². The number of fused-ring (bicyclic) bond motifs is 1. The van der Waals surface area contributed by atoms with E-state index in [1.54, 1.807) is 29.1 Å². The van der Waals surface area contributed by atoms with E-state index < -0.39 is 0 Å². The van der Waals surface area contributed by atoms with Crippen molar-refractivity contribution in [2.45, 2.75) is 10.1 Å². The number of amides is 1. The highest BCUT2D eigenvalue weighted by Crippen LogP contribution is 2.40.